The molecule has 1 saturated heterocycles. The van der Waals surface area contributed by atoms with Crippen LogP contribution in [0.25, 0.3) is 0 Å². The first kappa shape index (κ1) is 17.9. The number of hydrogen-bond acceptors (Lipinski definition) is 4. The Morgan fingerprint density at radius 2 is 2.04 bits per heavy atom. The van der Waals surface area contributed by atoms with Gasteiger partial charge in [-0.15, -0.1) is 0 Å². The second kappa shape index (κ2) is 10.4. The van der Waals surface area contributed by atoms with Gasteiger partial charge in [0.05, 0.1) is 19.8 Å². The molecular weight excluding hydrogens is 308 g/mol. The van der Waals surface area contributed by atoms with Gasteiger partial charge in [-0.3, -0.25) is 0 Å². The molecule has 0 radical (unpaired) electrons. The summed E-state index contributed by atoms with van der Waals surface area (Å²) >= 11 is 1.83. The summed E-state index contributed by atoms with van der Waals surface area (Å²) in [6.45, 7) is 8.08. The summed E-state index contributed by atoms with van der Waals surface area (Å²) in [7, 11) is 0. The molecule has 0 aromatic heterocycles. The highest BCUT2D eigenvalue weighted by molar-refractivity contribution is 7.98. The quantitative estimate of drug-likeness (QED) is 0.453. The van der Waals surface area contributed by atoms with Crippen LogP contribution in [0.2, 0.25) is 0 Å². The minimum atomic E-state index is 0.683. The summed E-state index contributed by atoms with van der Waals surface area (Å²) < 4.78 is 5.45. The van der Waals surface area contributed by atoms with Crippen LogP contribution in [0.5, 0.6) is 0 Å². The Hall–Kier alpha value is -1.40. The molecule has 1 aromatic carbocycles. The van der Waals surface area contributed by atoms with E-state index in [2.05, 4.69) is 53.0 Å². The van der Waals surface area contributed by atoms with Crippen LogP contribution in [0.15, 0.2) is 29.3 Å². The lowest BCUT2D eigenvalue weighted by atomic mass is 10.1. The number of para-hydroxylation sites is 1. The van der Waals surface area contributed by atoms with E-state index in [4.69, 9.17) is 9.73 Å². The van der Waals surface area contributed by atoms with Gasteiger partial charge in [0.25, 0.3) is 0 Å². The van der Waals surface area contributed by atoms with Crippen LogP contribution in [0.1, 0.15) is 12.5 Å². The second-order valence-corrected chi connectivity index (χ2v) is 6.33. The van der Waals surface area contributed by atoms with E-state index in [9.17, 15) is 0 Å². The van der Waals surface area contributed by atoms with Crippen LogP contribution < -0.4 is 15.5 Å². The second-order valence-electron chi connectivity index (χ2n) is 5.34. The highest BCUT2D eigenvalue weighted by Gasteiger charge is 2.14. The number of nitrogens with zero attached hydrogens (tertiary/aromatic N) is 2. The summed E-state index contributed by atoms with van der Waals surface area (Å²) in [6, 6.07) is 8.53. The molecule has 0 unspecified atom stereocenters. The van der Waals surface area contributed by atoms with Crippen LogP contribution >= 0.6 is 11.8 Å². The molecule has 0 aliphatic carbocycles. The molecule has 2 N–H and O–H groups in total. The van der Waals surface area contributed by atoms with Gasteiger partial charge in [-0.25, -0.2) is 4.99 Å². The summed E-state index contributed by atoms with van der Waals surface area (Å²) in [4.78, 5) is 7.13. The molecule has 0 saturated carbocycles. The number of benzene rings is 1. The lowest BCUT2D eigenvalue weighted by Crippen LogP contribution is -2.38. The first-order chi connectivity index (χ1) is 11.3. The maximum absolute atomic E-state index is 5.45. The number of hydrogen-bond donors (Lipinski definition) is 2. The molecule has 0 spiro atoms. The van der Waals surface area contributed by atoms with Gasteiger partial charge in [-0.1, -0.05) is 18.2 Å². The van der Waals surface area contributed by atoms with Crippen LogP contribution in [-0.4, -0.2) is 57.4 Å². The molecule has 2 rings (SSSR count). The number of ether oxygens (including phenoxy) is 1. The molecule has 1 heterocycles. The van der Waals surface area contributed by atoms with Crippen molar-refractivity contribution in [1.82, 2.24) is 10.6 Å². The van der Waals surface area contributed by atoms with Crippen molar-refractivity contribution >= 4 is 23.4 Å². The monoisotopic (exact) mass is 336 g/mol. The van der Waals surface area contributed by atoms with Gasteiger partial charge in [0.15, 0.2) is 5.96 Å². The van der Waals surface area contributed by atoms with Gasteiger partial charge >= 0.3 is 0 Å². The van der Waals surface area contributed by atoms with E-state index in [0.29, 0.717) is 6.54 Å². The zero-order valence-corrected chi connectivity index (χ0v) is 15.0. The third-order valence-corrected chi connectivity index (χ3v) is 4.31. The summed E-state index contributed by atoms with van der Waals surface area (Å²) in [5, 5.41) is 6.68. The molecule has 1 aromatic rings. The molecule has 1 aliphatic rings. The Morgan fingerprint density at radius 1 is 1.26 bits per heavy atom. The van der Waals surface area contributed by atoms with Crippen molar-refractivity contribution in [2.45, 2.75) is 13.5 Å². The first-order valence-electron chi connectivity index (χ1n) is 8.27. The zero-order chi connectivity index (χ0) is 16.3. The molecular formula is C17H28N4OS. The number of thioether (sulfide) groups is 1. The van der Waals surface area contributed by atoms with E-state index in [0.717, 1.165) is 51.1 Å². The molecule has 1 fully saturated rings. The Morgan fingerprint density at radius 3 is 2.78 bits per heavy atom. The standard InChI is InChI=1S/C17H28N4OS/c1-3-18-17(19-8-13-23-2)20-14-15-6-4-5-7-16(15)21-9-11-22-12-10-21/h4-7H,3,8-14H2,1-2H3,(H2,18,19,20). The molecule has 6 heteroatoms. The Balaban J connectivity index is 2.03. The molecule has 0 bridgehead atoms. The van der Waals surface area contributed by atoms with Gasteiger partial charge in [-0.05, 0) is 24.8 Å². The van der Waals surface area contributed by atoms with Crippen LogP contribution in [0.3, 0.4) is 0 Å². The predicted octanol–water partition coefficient (Wildman–Crippen LogP) is 1.94. The van der Waals surface area contributed by atoms with Crippen LogP contribution in [-0.2, 0) is 11.3 Å². The number of nitrogens with one attached hydrogen (secondary N) is 2. The van der Waals surface area contributed by atoms with Crippen molar-refractivity contribution in [1.29, 1.82) is 0 Å². The van der Waals surface area contributed by atoms with Crippen molar-refractivity contribution in [3.8, 4) is 0 Å². The fraction of sp³-hybridized carbons (Fsp3) is 0.588. The largest absolute Gasteiger partial charge is 0.378 e. The normalized spacial score (nSPS) is 15.6. The number of morpholine rings is 1. The van der Waals surface area contributed by atoms with Crippen molar-refractivity contribution < 1.29 is 4.74 Å². The summed E-state index contributed by atoms with van der Waals surface area (Å²) in [5.74, 6) is 1.97. The number of aliphatic imine (C=N–C) groups is 1. The van der Waals surface area contributed by atoms with E-state index >= 15 is 0 Å². The predicted molar refractivity (Wildman–Crippen MR) is 101 cm³/mol. The maximum Gasteiger partial charge on any atom is 0.191 e. The van der Waals surface area contributed by atoms with E-state index in [1.807, 2.05) is 11.8 Å². The molecule has 1 aliphatic heterocycles. The van der Waals surface area contributed by atoms with Crippen LogP contribution in [0.4, 0.5) is 5.69 Å². The van der Waals surface area contributed by atoms with E-state index in [1.54, 1.807) is 0 Å². The Bertz CT molecular complexity index is 489. The minimum Gasteiger partial charge on any atom is -0.378 e. The topological polar surface area (TPSA) is 48.9 Å². The average Bonchev–Trinajstić information content (AvgIpc) is 2.61. The molecule has 5 nitrogen and oxygen atoms in total. The van der Waals surface area contributed by atoms with Crippen molar-refractivity contribution in [3.63, 3.8) is 0 Å². The fourth-order valence-corrected chi connectivity index (χ4v) is 2.84. The van der Waals surface area contributed by atoms with Gasteiger partial charge in [0.1, 0.15) is 0 Å². The molecule has 23 heavy (non-hydrogen) atoms. The zero-order valence-electron chi connectivity index (χ0n) is 14.2. The van der Waals surface area contributed by atoms with Crippen LogP contribution in [0, 0.1) is 0 Å². The minimum absolute atomic E-state index is 0.683. The highest BCUT2D eigenvalue weighted by Crippen LogP contribution is 2.22. The summed E-state index contributed by atoms with van der Waals surface area (Å²) in [6.07, 6.45) is 2.12. The third kappa shape index (κ3) is 5.95. The highest BCUT2D eigenvalue weighted by atomic mass is 32.2. The first-order valence-corrected chi connectivity index (χ1v) is 9.66. The number of anilines is 1. The lowest BCUT2D eigenvalue weighted by molar-refractivity contribution is 0.122. The van der Waals surface area contributed by atoms with E-state index in [-0.39, 0.29) is 0 Å². The Labute approximate surface area is 143 Å². The van der Waals surface area contributed by atoms with Crippen molar-refractivity contribution in [2.24, 2.45) is 4.99 Å². The molecule has 128 valence electrons. The van der Waals surface area contributed by atoms with Gasteiger partial charge in [0.2, 0.25) is 0 Å². The fourth-order valence-electron chi connectivity index (χ4n) is 2.53. The van der Waals surface area contributed by atoms with Gasteiger partial charge < -0.3 is 20.3 Å². The smallest absolute Gasteiger partial charge is 0.191 e. The molecule has 0 amide bonds. The average molecular weight is 337 g/mol. The lowest BCUT2D eigenvalue weighted by Gasteiger charge is -2.30. The molecule has 0 atom stereocenters. The SMILES string of the molecule is CCNC(=NCc1ccccc1N1CCOCC1)NCCSC. The third-order valence-electron chi connectivity index (χ3n) is 3.69. The summed E-state index contributed by atoms with van der Waals surface area (Å²) in [5.41, 5.74) is 2.54. The number of rotatable bonds is 7. The maximum atomic E-state index is 5.45. The van der Waals surface area contributed by atoms with Crippen molar-refractivity contribution in [3.05, 3.63) is 29.8 Å². The number of guanidine groups is 1. The van der Waals surface area contributed by atoms with Gasteiger partial charge in [-0.2, -0.15) is 11.8 Å². The van der Waals surface area contributed by atoms with E-state index in [1.165, 1.54) is 11.3 Å². The Kier molecular flexibility index (Phi) is 8.11. The van der Waals surface area contributed by atoms with E-state index < -0.39 is 0 Å². The van der Waals surface area contributed by atoms with Crippen molar-refractivity contribution in [2.75, 3.05) is 56.3 Å². The van der Waals surface area contributed by atoms with Gasteiger partial charge in [0, 0.05) is 37.6 Å².